The second kappa shape index (κ2) is 8.55. The number of hydrogen-bond donors (Lipinski definition) is 1. The van der Waals surface area contributed by atoms with Crippen LogP contribution in [0.25, 0.3) is 0 Å². The molecule has 0 spiro atoms. The number of esters is 1. The molecule has 0 atom stereocenters. The normalized spacial score (nSPS) is 18.2. The van der Waals surface area contributed by atoms with E-state index >= 15 is 0 Å². The number of piperazine rings is 1. The topological polar surface area (TPSA) is 88.2 Å². The summed E-state index contributed by atoms with van der Waals surface area (Å²) < 4.78 is 37.4. The van der Waals surface area contributed by atoms with Crippen LogP contribution in [0.2, 0.25) is 5.02 Å². The van der Waals surface area contributed by atoms with Gasteiger partial charge in [-0.2, -0.15) is 0 Å². The molecule has 0 saturated carbocycles. The van der Waals surface area contributed by atoms with Gasteiger partial charge in [-0.05, 0) is 38.1 Å². The first kappa shape index (κ1) is 22.8. The predicted molar refractivity (Wildman–Crippen MR) is 122 cm³/mol. The lowest BCUT2D eigenvalue weighted by molar-refractivity contribution is -0.132. The number of ether oxygens (including phenoxy) is 2. The Bertz CT molecular complexity index is 1140. The third-order valence-electron chi connectivity index (χ3n) is 5.37. The minimum Gasteiger partial charge on any atom is -0.483 e. The van der Waals surface area contributed by atoms with Crippen molar-refractivity contribution in [3.8, 4) is 11.5 Å². The number of fused-ring (bicyclic) bond motifs is 1. The smallest absolute Gasteiger partial charge is 0.308 e. The molecule has 172 valence electrons. The second-order valence-electron chi connectivity index (χ2n) is 8.59. The van der Waals surface area contributed by atoms with E-state index in [1.165, 1.54) is 13.0 Å². The summed E-state index contributed by atoms with van der Waals surface area (Å²) in [7, 11) is -3.88. The van der Waals surface area contributed by atoms with Crippen LogP contribution in [0.1, 0.15) is 26.3 Å². The Balaban J connectivity index is 1.50. The monoisotopic (exact) mass is 479 g/mol. The lowest BCUT2D eigenvalue weighted by Crippen LogP contribution is -2.53. The third kappa shape index (κ3) is 5.01. The van der Waals surface area contributed by atoms with Crippen LogP contribution >= 0.6 is 11.6 Å². The molecule has 2 aliphatic heterocycles. The van der Waals surface area contributed by atoms with Crippen LogP contribution in [0, 0.1) is 0 Å². The van der Waals surface area contributed by atoms with Crippen molar-refractivity contribution in [3.05, 3.63) is 47.0 Å². The fourth-order valence-electron chi connectivity index (χ4n) is 3.99. The van der Waals surface area contributed by atoms with Gasteiger partial charge in [0.25, 0.3) is 10.0 Å². The van der Waals surface area contributed by atoms with Crippen molar-refractivity contribution in [2.45, 2.75) is 37.7 Å². The zero-order valence-corrected chi connectivity index (χ0v) is 19.8. The summed E-state index contributed by atoms with van der Waals surface area (Å²) in [6.45, 7) is 7.37. The number of nitrogens with one attached hydrogen (secondary N) is 1. The zero-order chi connectivity index (χ0) is 23.1. The Hall–Kier alpha value is -2.33. The van der Waals surface area contributed by atoms with Crippen LogP contribution in [0.15, 0.2) is 41.3 Å². The van der Waals surface area contributed by atoms with Gasteiger partial charge in [-0.1, -0.05) is 17.7 Å². The molecule has 0 unspecified atom stereocenters. The number of hydrogen-bond acceptors (Lipinski definition) is 7. The summed E-state index contributed by atoms with van der Waals surface area (Å²) in [6, 6.07) is 10.5. The lowest BCUT2D eigenvalue weighted by atomic mass is 10.0. The van der Waals surface area contributed by atoms with Gasteiger partial charge >= 0.3 is 5.97 Å². The van der Waals surface area contributed by atoms with Gasteiger partial charge in [-0.25, -0.2) is 13.4 Å². The van der Waals surface area contributed by atoms with Gasteiger partial charge in [-0.15, -0.1) is 4.83 Å². The maximum atomic E-state index is 13.1. The van der Waals surface area contributed by atoms with Crippen LogP contribution in [0.3, 0.4) is 0 Å². The van der Waals surface area contributed by atoms with Crippen molar-refractivity contribution >= 4 is 33.3 Å². The highest BCUT2D eigenvalue weighted by Crippen LogP contribution is 2.43. The molecule has 0 aliphatic carbocycles. The third-order valence-corrected chi connectivity index (χ3v) is 6.96. The Morgan fingerprint density at radius 2 is 1.88 bits per heavy atom. The fraction of sp³-hybridized carbons (Fsp3) is 0.409. The van der Waals surface area contributed by atoms with Crippen molar-refractivity contribution in [1.29, 1.82) is 0 Å². The van der Waals surface area contributed by atoms with Crippen molar-refractivity contribution in [3.63, 3.8) is 0 Å². The number of rotatable bonds is 5. The van der Waals surface area contributed by atoms with Crippen LogP contribution in [-0.2, 0) is 21.2 Å². The molecule has 2 aromatic carbocycles. The van der Waals surface area contributed by atoms with Gasteiger partial charge in [-0.3, -0.25) is 4.79 Å². The predicted octanol–water partition coefficient (Wildman–Crippen LogP) is 2.99. The van der Waals surface area contributed by atoms with Crippen molar-refractivity contribution in [2.24, 2.45) is 0 Å². The first-order chi connectivity index (χ1) is 15.0. The van der Waals surface area contributed by atoms with E-state index < -0.39 is 21.6 Å². The van der Waals surface area contributed by atoms with E-state index in [1.54, 1.807) is 11.1 Å². The number of benzene rings is 2. The molecule has 1 N–H and O–H groups in total. The van der Waals surface area contributed by atoms with E-state index in [9.17, 15) is 13.2 Å². The summed E-state index contributed by atoms with van der Waals surface area (Å²) in [5, 5.41) is 2.34. The first-order valence-corrected chi connectivity index (χ1v) is 12.2. The summed E-state index contributed by atoms with van der Waals surface area (Å²) in [5.74, 6) is -0.00818. The Morgan fingerprint density at radius 1 is 1.16 bits per heavy atom. The van der Waals surface area contributed by atoms with Crippen molar-refractivity contribution in [1.82, 2.24) is 9.84 Å². The van der Waals surface area contributed by atoms with E-state index in [-0.39, 0.29) is 10.6 Å². The summed E-state index contributed by atoms with van der Waals surface area (Å²) >= 11 is 6.08. The van der Waals surface area contributed by atoms with Gasteiger partial charge in [0.15, 0.2) is 11.5 Å². The van der Waals surface area contributed by atoms with E-state index in [1.807, 2.05) is 38.1 Å². The number of anilines is 1. The number of hydrazine groups is 1. The van der Waals surface area contributed by atoms with Gasteiger partial charge < -0.3 is 14.4 Å². The molecule has 0 aromatic heterocycles. The van der Waals surface area contributed by atoms with E-state index in [0.717, 1.165) is 5.69 Å². The Kier molecular flexibility index (Phi) is 6.10. The number of halogens is 1. The molecular weight excluding hydrogens is 454 g/mol. The summed E-state index contributed by atoms with van der Waals surface area (Å²) in [5.41, 5.74) is 1.19. The largest absolute Gasteiger partial charge is 0.483 e. The molecule has 0 radical (unpaired) electrons. The molecule has 2 heterocycles. The molecule has 1 fully saturated rings. The Labute approximate surface area is 193 Å². The molecule has 0 amide bonds. The second-order valence-corrected chi connectivity index (χ2v) is 10.7. The molecule has 32 heavy (non-hydrogen) atoms. The van der Waals surface area contributed by atoms with Crippen LogP contribution in [0.4, 0.5) is 5.69 Å². The minimum atomic E-state index is -3.88. The van der Waals surface area contributed by atoms with Gasteiger partial charge in [0, 0.05) is 61.9 Å². The van der Waals surface area contributed by atoms with Crippen molar-refractivity contribution < 1.29 is 22.7 Å². The SMILES string of the molecule is CC(=O)Oc1cc(S(=O)(=O)NN2CCN(c3cccc(Cl)c3)CC2)cc2c1OC(C)(C)C2. The maximum absolute atomic E-state index is 13.1. The quantitative estimate of drug-likeness (QED) is 0.521. The van der Waals surface area contributed by atoms with Crippen molar-refractivity contribution in [2.75, 3.05) is 31.1 Å². The fourth-order valence-corrected chi connectivity index (χ4v) is 5.36. The number of nitrogens with zero attached hydrogens (tertiary/aromatic N) is 2. The molecule has 10 heteroatoms. The van der Waals surface area contributed by atoms with E-state index in [4.69, 9.17) is 21.1 Å². The highest BCUT2D eigenvalue weighted by Gasteiger charge is 2.35. The van der Waals surface area contributed by atoms with Gasteiger partial charge in [0.05, 0.1) is 4.90 Å². The Morgan fingerprint density at radius 3 is 2.53 bits per heavy atom. The highest BCUT2D eigenvalue weighted by molar-refractivity contribution is 7.89. The van der Waals surface area contributed by atoms with Crippen LogP contribution in [0.5, 0.6) is 11.5 Å². The molecule has 8 nitrogen and oxygen atoms in total. The molecular formula is C22H26ClN3O5S. The van der Waals surface area contributed by atoms with Crippen LogP contribution < -0.4 is 19.2 Å². The zero-order valence-electron chi connectivity index (χ0n) is 18.2. The van der Waals surface area contributed by atoms with Gasteiger partial charge in [0.1, 0.15) is 5.60 Å². The average molecular weight is 480 g/mol. The molecule has 4 rings (SSSR count). The molecule has 1 saturated heterocycles. The maximum Gasteiger partial charge on any atom is 0.308 e. The number of carbonyl (C=O) groups is 1. The highest BCUT2D eigenvalue weighted by atomic mass is 35.5. The number of sulfonamides is 1. The molecule has 2 aromatic rings. The average Bonchev–Trinajstić information content (AvgIpc) is 3.02. The molecule has 0 bridgehead atoms. The molecule has 2 aliphatic rings. The van der Waals surface area contributed by atoms with Crippen LogP contribution in [-0.4, -0.2) is 51.2 Å². The first-order valence-electron chi connectivity index (χ1n) is 10.3. The van der Waals surface area contributed by atoms with E-state index in [0.29, 0.717) is 48.9 Å². The summed E-state index contributed by atoms with van der Waals surface area (Å²) in [4.78, 5) is 16.4. The van der Waals surface area contributed by atoms with E-state index in [2.05, 4.69) is 9.73 Å². The lowest BCUT2D eigenvalue weighted by Gasteiger charge is -2.35. The summed E-state index contributed by atoms with van der Waals surface area (Å²) in [6.07, 6.45) is 0.512. The number of carbonyl (C=O) groups excluding carboxylic acids is 1. The van der Waals surface area contributed by atoms with Gasteiger partial charge in [0.2, 0.25) is 0 Å². The standard InChI is InChI=1S/C22H26ClN3O5S/c1-15(27)30-20-13-19(11-16-14-22(2,3)31-21(16)20)32(28,29)24-26-9-7-25(8-10-26)18-6-4-5-17(23)12-18/h4-6,11-13,24H,7-10,14H2,1-3H3. The minimum absolute atomic E-state index is 0.0334.